The molecule has 1 N–H and O–H groups in total. The van der Waals surface area contributed by atoms with Crippen LogP contribution in [0.15, 0.2) is 28.7 Å². The SMILES string of the molecule is CCNCCCc1nnc(-c2cccc(Cl)c2)o1. The van der Waals surface area contributed by atoms with E-state index in [1.807, 2.05) is 24.3 Å². The first-order chi connectivity index (χ1) is 8.79. The smallest absolute Gasteiger partial charge is 0.247 e. The Kier molecular flexibility index (Phi) is 4.73. The number of nitrogens with one attached hydrogen (secondary N) is 1. The Morgan fingerprint density at radius 2 is 2.22 bits per heavy atom. The zero-order valence-corrected chi connectivity index (χ0v) is 11.1. The second-order valence-corrected chi connectivity index (χ2v) is 4.40. The molecule has 0 radical (unpaired) electrons. The van der Waals surface area contributed by atoms with Crippen LogP contribution in [0.4, 0.5) is 0 Å². The van der Waals surface area contributed by atoms with Gasteiger partial charge in [-0.25, -0.2) is 0 Å². The van der Waals surface area contributed by atoms with E-state index in [-0.39, 0.29) is 0 Å². The van der Waals surface area contributed by atoms with Crippen molar-refractivity contribution < 1.29 is 4.42 Å². The van der Waals surface area contributed by atoms with Crippen LogP contribution in [0.3, 0.4) is 0 Å². The highest BCUT2D eigenvalue weighted by Crippen LogP contribution is 2.21. The van der Waals surface area contributed by atoms with Crippen molar-refractivity contribution in [3.05, 3.63) is 35.2 Å². The Hall–Kier alpha value is -1.39. The molecule has 0 aliphatic rings. The van der Waals surface area contributed by atoms with Gasteiger partial charge in [0.1, 0.15) is 0 Å². The number of hydrogen-bond donors (Lipinski definition) is 1. The van der Waals surface area contributed by atoms with Crippen molar-refractivity contribution in [1.82, 2.24) is 15.5 Å². The molecule has 0 bridgehead atoms. The molecule has 0 aliphatic carbocycles. The minimum Gasteiger partial charge on any atom is -0.421 e. The molecule has 4 nitrogen and oxygen atoms in total. The topological polar surface area (TPSA) is 51.0 Å². The summed E-state index contributed by atoms with van der Waals surface area (Å²) in [7, 11) is 0. The molecule has 5 heteroatoms. The molecule has 1 heterocycles. The fourth-order valence-corrected chi connectivity index (χ4v) is 1.82. The molecule has 0 aliphatic heterocycles. The Labute approximate surface area is 111 Å². The van der Waals surface area contributed by atoms with Gasteiger partial charge in [-0.15, -0.1) is 10.2 Å². The van der Waals surface area contributed by atoms with E-state index in [9.17, 15) is 0 Å². The van der Waals surface area contributed by atoms with Gasteiger partial charge in [-0.1, -0.05) is 24.6 Å². The molecule has 18 heavy (non-hydrogen) atoms. The molecule has 96 valence electrons. The fraction of sp³-hybridized carbons (Fsp3) is 0.385. The summed E-state index contributed by atoms with van der Waals surface area (Å²) >= 11 is 5.92. The number of aryl methyl sites for hydroxylation is 1. The molecule has 1 aromatic carbocycles. The van der Waals surface area contributed by atoms with Gasteiger partial charge < -0.3 is 9.73 Å². The first kappa shape index (κ1) is 13.1. The van der Waals surface area contributed by atoms with Crippen LogP contribution in [0.5, 0.6) is 0 Å². The van der Waals surface area contributed by atoms with Gasteiger partial charge in [-0.3, -0.25) is 0 Å². The van der Waals surface area contributed by atoms with Crippen molar-refractivity contribution >= 4 is 11.6 Å². The minimum absolute atomic E-state index is 0.524. The third kappa shape index (κ3) is 3.55. The molecule has 0 saturated heterocycles. The highest BCUT2D eigenvalue weighted by atomic mass is 35.5. The van der Waals surface area contributed by atoms with Crippen molar-refractivity contribution in [1.29, 1.82) is 0 Å². The number of halogens is 1. The summed E-state index contributed by atoms with van der Waals surface area (Å²) in [6, 6.07) is 7.41. The van der Waals surface area contributed by atoms with Crippen molar-refractivity contribution in [2.45, 2.75) is 19.8 Å². The summed E-state index contributed by atoms with van der Waals surface area (Å²) in [6.07, 6.45) is 1.78. The standard InChI is InChI=1S/C13H16ClN3O/c1-2-15-8-4-7-12-16-17-13(18-12)10-5-3-6-11(14)9-10/h3,5-6,9,15H,2,4,7-8H2,1H3. The maximum Gasteiger partial charge on any atom is 0.247 e. The van der Waals surface area contributed by atoms with E-state index in [1.54, 1.807) is 0 Å². The Balaban J connectivity index is 1.97. The highest BCUT2D eigenvalue weighted by Gasteiger charge is 2.08. The molecular weight excluding hydrogens is 250 g/mol. The van der Waals surface area contributed by atoms with Crippen LogP contribution in [0.2, 0.25) is 5.02 Å². The predicted molar refractivity (Wildman–Crippen MR) is 71.6 cm³/mol. The average molecular weight is 266 g/mol. The zero-order valence-electron chi connectivity index (χ0n) is 10.3. The number of aromatic nitrogens is 2. The lowest BCUT2D eigenvalue weighted by molar-refractivity contribution is 0.492. The second-order valence-electron chi connectivity index (χ2n) is 3.97. The summed E-state index contributed by atoms with van der Waals surface area (Å²) in [5, 5.41) is 12.0. The summed E-state index contributed by atoms with van der Waals surface area (Å²) in [4.78, 5) is 0. The van der Waals surface area contributed by atoms with Gasteiger partial charge >= 0.3 is 0 Å². The van der Waals surface area contributed by atoms with Gasteiger partial charge in [0.2, 0.25) is 11.8 Å². The quantitative estimate of drug-likeness (QED) is 0.816. The van der Waals surface area contributed by atoms with E-state index in [2.05, 4.69) is 22.4 Å². The third-order valence-electron chi connectivity index (χ3n) is 2.53. The van der Waals surface area contributed by atoms with Crippen LogP contribution in [0.25, 0.3) is 11.5 Å². The molecule has 0 fully saturated rings. The molecule has 1 aromatic heterocycles. The van der Waals surface area contributed by atoms with E-state index < -0.39 is 0 Å². The van der Waals surface area contributed by atoms with Gasteiger partial charge in [-0.2, -0.15) is 0 Å². The normalized spacial score (nSPS) is 10.8. The Morgan fingerprint density at radius 3 is 3.00 bits per heavy atom. The van der Waals surface area contributed by atoms with E-state index in [0.717, 1.165) is 31.5 Å². The van der Waals surface area contributed by atoms with Crippen molar-refractivity contribution in [3.63, 3.8) is 0 Å². The van der Waals surface area contributed by atoms with Gasteiger partial charge in [0.05, 0.1) is 0 Å². The van der Waals surface area contributed by atoms with Gasteiger partial charge in [-0.05, 0) is 37.7 Å². The largest absolute Gasteiger partial charge is 0.421 e. The number of nitrogens with zero attached hydrogens (tertiary/aromatic N) is 2. The maximum atomic E-state index is 5.92. The van der Waals surface area contributed by atoms with Gasteiger partial charge in [0.15, 0.2) is 0 Å². The minimum atomic E-state index is 0.524. The lowest BCUT2D eigenvalue weighted by atomic mass is 10.2. The molecule has 0 unspecified atom stereocenters. The third-order valence-corrected chi connectivity index (χ3v) is 2.77. The van der Waals surface area contributed by atoms with Gasteiger partial charge in [0, 0.05) is 17.0 Å². The number of benzene rings is 1. The van der Waals surface area contributed by atoms with Crippen LogP contribution < -0.4 is 5.32 Å². The first-order valence-electron chi connectivity index (χ1n) is 6.08. The van der Waals surface area contributed by atoms with Crippen LogP contribution in [-0.4, -0.2) is 23.3 Å². The van der Waals surface area contributed by atoms with Crippen LogP contribution >= 0.6 is 11.6 Å². The summed E-state index contributed by atoms with van der Waals surface area (Å²) < 4.78 is 5.60. The lowest BCUT2D eigenvalue weighted by Crippen LogP contribution is -2.14. The molecule has 2 aromatic rings. The number of hydrogen-bond acceptors (Lipinski definition) is 4. The maximum absolute atomic E-state index is 5.92. The summed E-state index contributed by atoms with van der Waals surface area (Å²) in [6.45, 7) is 4.03. The number of rotatable bonds is 6. The second kappa shape index (κ2) is 6.52. The van der Waals surface area contributed by atoms with Crippen molar-refractivity contribution in [3.8, 4) is 11.5 Å². The first-order valence-corrected chi connectivity index (χ1v) is 6.46. The fourth-order valence-electron chi connectivity index (χ4n) is 1.63. The summed E-state index contributed by atoms with van der Waals surface area (Å²) in [5.74, 6) is 1.19. The van der Waals surface area contributed by atoms with Crippen LogP contribution in [0, 0.1) is 0 Å². The van der Waals surface area contributed by atoms with Crippen LogP contribution in [0.1, 0.15) is 19.2 Å². The average Bonchev–Trinajstić information content (AvgIpc) is 2.83. The highest BCUT2D eigenvalue weighted by molar-refractivity contribution is 6.30. The predicted octanol–water partition coefficient (Wildman–Crippen LogP) is 2.93. The monoisotopic (exact) mass is 265 g/mol. The van der Waals surface area contributed by atoms with Crippen molar-refractivity contribution in [2.24, 2.45) is 0 Å². The molecule has 0 atom stereocenters. The summed E-state index contributed by atoms with van der Waals surface area (Å²) in [5.41, 5.74) is 0.855. The van der Waals surface area contributed by atoms with Gasteiger partial charge in [0.25, 0.3) is 0 Å². The molecule has 0 spiro atoms. The van der Waals surface area contributed by atoms with Crippen LogP contribution in [-0.2, 0) is 6.42 Å². The van der Waals surface area contributed by atoms with Crippen molar-refractivity contribution in [2.75, 3.05) is 13.1 Å². The van der Waals surface area contributed by atoms with E-state index >= 15 is 0 Å². The van der Waals surface area contributed by atoms with E-state index in [1.165, 1.54) is 0 Å². The molecule has 0 amide bonds. The molecular formula is C13H16ClN3O. The lowest BCUT2D eigenvalue weighted by Gasteiger charge is -1.98. The van der Waals surface area contributed by atoms with E-state index in [4.69, 9.17) is 16.0 Å². The van der Waals surface area contributed by atoms with E-state index in [0.29, 0.717) is 16.8 Å². The Bertz CT molecular complexity index is 498. The molecule has 0 saturated carbocycles. The zero-order chi connectivity index (χ0) is 12.8. The Morgan fingerprint density at radius 1 is 1.33 bits per heavy atom. The molecule has 2 rings (SSSR count).